The highest BCUT2D eigenvalue weighted by molar-refractivity contribution is 5.22. The molecule has 0 spiro atoms. The molecule has 1 fully saturated rings. The highest BCUT2D eigenvalue weighted by Gasteiger charge is 2.17. The second-order valence-electron chi connectivity index (χ2n) is 4.89. The van der Waals surface area contributed by atoms with Crippen LogP contribution in [0.3, 0.4) is 0 Å². The molecule has 17 heavy (non-hydrogen) atoms. The van der Waals surface area contributed by atoms with E-state index < -0.39 is 0 Å². The van der Waals surface area contributed by atoms with Gasteiger partial charge >= 0.3 is 0 Å². The molecule has 1 atom stereocenters. The van der Waals surface area contributed by atoms with Gasteiger partial charge in [0, 0.05) is 0 Å². The molecule has 1 nitrogen and oxygen atoms in total. The van der Waals surface area contributed by atoms with E-state index in [1.807, 2.05) is 0 Å². The lowest BCUT2D eigenvalue weighted by Crippen LogP contribution is -2.30. The van der Waals surface area contributed by atoms with Crippen molar-refractivity contribution in [2.24, 2.45) is 0 Å². The normalized spacial score (nSPS) is 20.2. The van der Waals surface area contributed by atoms with E-state index in [0.29, 0.717) is 6.04 Å². The highest BCUT2D eigenvalue weighted by Crippen LogP contribution is 2.24. The lowest BCUT2D eigenvalue weighted by molar-refractivity contribution is 0.210. The van der Waals surface area contributed by atoms with Gasteiger partial charge in [0.05, 0.1) is 6.04 Å². The molecule has 1 aliphatic heterocycles. The van der Waals surface area contributed by atoms with Gasteiger partial charge in [-0.05, 0) is 31.5 Å². The molecule has 0 aliphatic carbocycles. The summed E-state index contributed by atoms with van der Waals surface area (Å²) in [6.45, 7) is 6.45. The third kappa shape index (κ3) is 3.44. The lowest BCUT2D eigenvalue weighted by atomic mass is 10.0. The summed E-state index contributed by atoms with van der Waals surface area (Å²) in [6, 6.07) is 11.1. The van der Waals surface area contributed by atoms with Gasteiger partial charge < -0.3 is 0 Å². The van der Waals surface area contributed by atoms with Gasteiger partial charge in [-0.1, -0.05) is 55.7 Å². The number of hydrogen-bond acceptors (Lipinski definition) is 1. The molecule has 0 amide bonds. The second-order valence-corrected chi connectivity index (χ2v) is 4.89. The number of rotatable bonds is 3. The SMILES string of the molecule is C=CC(c1ccccc1)N1CCCCCCC1. The summed E-state index contributed by atoms with van der Waals surface area (Å²) in [7, 11) is 0. The Morgan fingerprint density at radius 1 is 0.941 bits per heavy atom. The largest absolute Gasteiger partial charge is 0.293 e. The van der Waals surface area contributed by atoms with Gasteiger partial charge in [0.1, 0.15) is 0 Å². The molecular formula is C16H23N. The average molecular weight is 229 g/mol. The van der Waals surface area contributed by atoms with Crippen LogP contribution in [0.15, 0.2) is 43.0 Å². The van der Waals surface area contributed by atoms with Crippen LogP contribution in [-0.2, 0) is 0 Å². The fourth-order valence-electron chi connectivity index (χ4n) is 2.70. The van der Waals surface area contributed by atoms with Crippen molar-refractivity contribution >= 4 is 0 Å². The van der Waals surface area contributed by atoms with Crippen molar-refractivity contribution in [2.45, 2.75) is 38.1 Å². The Balaban J connectivity index is 2.08. The van der Waals surface area contributed by atoms with Crippen molar-refractivity contribution in [3.63, 3.8) is 0 Å². The van der Waals surface area contributed by atoms with Gasteiger partial charge in [0.2, 0.25) is 0 Å². The molecule has 92 valence electrons. The molecule has 1 saturated heterocycles. The van der Waals surface area contributed by atoms with E-state index >= 15 is 0 Å². The molecule has 0 bridgehead atoms. The van der Waals surface area contributed by atoms with Crippen molar-refractivity contribution in [3.05, 3.63) is 48.6 Å². The van der Waals surface area contributed by atoms with E-state index in [2.05, 4.69) is 47.9 Å². The number of hydrogen-bond donors (Lipinski definition) is 0. The first-order valence-corrected chi connectivity index (χ1v) is 6.83. The van der Waals surface area contributed by atoms with Crippen LogP contribution in [0.4, 0.5) is 0 Å². The fraction of sp³-hybridized carbons (Fsp3) is 0.500. The van der Waals surface area contributed by atoms with Gasteiger partial charge in [-0.3, -0.25) is 4.90 Å². The number of nitrogens with zero attached hydrogens (tertiary/aromatic N) is 1. The van der Waals surface area contributed by atoms with Crippen molar-refractivity contribution in [1.82, 2.24) is 4.90 Å². The quantitative estimate of drug-likeness (QED) is 0.703. The molecule has 1 aromatic carbocycles. The van der Waals surface area contributed by atoms with Crippen molar-refractivity contribution in [3.8, 4) is 0 Å². The van der Waals surface area contributed by atoms with Crippen molar-refractivity contribution < 1.29 is 0 Å². The van der Waals surface area contributed by atoms with E-state index in [0.717, 1.165) is 0 Å². The summed E-state index contributed by atoms with van der Waals surface area (Å²) in [6.07, 6.45) is 8.94. The summed E-state index contributed by atoms with van der Waals surface area (Å²) in [5.41, 5.74) is 1.38. The molecule has 1 heteroatoms. The predicted octanol–water partition coefficient (Wildman–Crippen LogP) is 4.18. The van der Waals surface area contributed by atoms with E-state index in [-0.39, 0.29) is 0 Å². The first-order valence-electron chi connectivity index (χ1n) is 6.83. The zero-order chi connectivity index (χ0) is 11.9. The summed E-state index contributed by atoms with van der Waals surface area (Å²) < 4.78 is 0. The maximum atomic E-state index is 4.02. The summed E-state index contributed by atoms with van der Waals surface area (Å²) in [4.78, 5) is 2.58. The summed E-state index contributed by atoms with van der Waals surface area (Å²) in [5, 5.41) is 0. The van der Waals surface area contributed by atoms with Crippen LogP contribution in [0, 0.1) is 0 Å². The standard InChI is InChI=1S/C16H23N/c1-2-16(15-11-7-6-8-12-15)17-13-9-4-3-5-10-14-17/h2,6-8,11-12,16H,1,3-5,9-10,13-14H2. The van der Waals surface area contributed by atoms with Crippen LogP contribution in [-0.4, -0.2) is 18.0 Å². The van der Waals surface area contributed by atoms with Gasteiger partial charge in [0.25, 0.3) is 0 Å². The Morgan fingerprint density at radius 2 is 1.53 bits per heavy atom. The van der Waals surface area contributed by atoms with Gasteiger partial charge in [0.15, 0.2) is 0 Å². The summed E-state index contributed by atoms with van der Waals surface area (Å²) >= 11 is 0. The third-order valence-electron chi connectivity index (χ3n) is 3.65. The first kappa shape index (κ1) is 12.4. The van der Waals surface area contributed by atoms with E-state index in [9.17, 15) is 0 Å². The minimum absolute atomic E-state index is 0.398. The molecule has 0 N–H and O–H groups in total. The lowest BCUT2D eigenvalue weighted by Gasteiger charge is -2.31. The zero-order valence-corrected chi connectivity index (χ0v) is 10.6. The minimum Gasteiger partial charge on any atom is -0.293 e. The topological polar surface area (TPSA) is 3.24 Å². The van der Waals surface area contributed by atoms with Crippen LogP contribution in [0.25, 0.3) is 0 Å². The average Bonchev–Trinajstić information content (AvgIpc) is 2.34. The molecule has 1 aliphatic rings. The van der Waals surface area contributed by atoms with Crippen LogP contribution < -0.4 is 0 Å². The van der Waals surface area contributed by atoms with Gasteiger partial charge in [-0.15, -0.1) is 6.58 Å². The number of likely N-dealkylation sites (tertiary alicyclic amines) is 1. The molecule has 1 heterocycles. The van der Waals surface area contributed by atoms with Crippen LogP contribution in [0.1, 0.15) is 43.7 Å². The minimum atomic E-state index is 0.398. The molecule has 0 aromatic heterocycles. The van der Waals surface area contributed by atoms with Crippen LogP contribution >= 0.6 is 0 Å². The van der Waals surface area contributed by atoms with Crippen molar-refractivity contribution in [1.29, 1.82) is 0 Å². The Kier molecular flexibility index (Phi) is 4.81. The van der Waals surface area contributed by atoms with Crippen LogP contribution in [0.5, 0.6) is 0 Å². The molecular weight excluding hydrogens is 206 g/mol. The van der Waals surface area contributed by atoms with E-state index in [1.54, 1.807) is 0 Å². The van der Waals surface area contributed by atoms with Gasteiger partial charge in [-0.2, -0.15) is 0 Å². The van der Waals surface area contributed by atoms with Gasteiger partial charge in [-0.25, -0.2) is 0 Å². The van der Waals surface area contributed by atoms with Crippen molar-refractivity contribution in [2.75, 3.05) is 13.1 Å². The maximum Gasteiger partial charge on any atom is 0.0528 e. The monoisotopic (exact) mass is 229 g/mol. The van der Waals surface area contributed by atoms with E-state index in [4.69, 9.17) is 0 Å². The Morgan fingerprint density at radius 3 is 2.12 bits per heavy atom. The molecule has 0 radical (unpaired) electrons. The Bertz CT molecular complexity index is 323. The maximum absolute atomic E-state index is 4.02. The molecule has 2 rings (SSSR count). The fourth-order valence-corrected chi connectivity index (χ4v) is 2.70. The van der Waals surface area contributed by atoms with Crippen LogP contribution in [0.2, 0.25) is 0 Å². The molecule has 0 saturated carbocycles. The third-order valence-corrected chi connectivity index (χ3v) is 3.65. The molecule has 1 unspecified atom stereocenters. The smallest absolute Gasteiger partial charge is 0.0528 e. The highest BCUT2D eigenvalue weighted by atomic mass is 15.1. The zero-order valence-electron chi connectivity index (χ0n) is 10.6. The predicted molar refractivity (Wildman–Crippen MR) is 74.0 cm³/mol. The Hall–Kier alpha value is -1.08. The Labute approximate surface area is 105 Å². The number of benzene rings is 1. The second kappa shape index (κ2) is 6.61. The van der Waals surface area contributed by atoms with E-state index in [1.165, 1.54) is 50.8 Å². The summed E-state index contributed by atoms with van der Waals surface area (Å²) in [5.74, 6) is 0. The molecule has 1 aromatic rings. The first-order chi connectivity index (χ1) is 8.42.